The van der Waals surface area contributed by atoms with Gasteiger partial charge >= 0.3 is 0 Å². The number of hydrogen-bond donors (Lipinski definition) is 2. The van der Waals surface area contributed by atoms with Gasteiger partial charge in [-0.1, -0.05) is 36.9 Å². The summed E-state index contributed by atoms with van der Waals surface area (Å²) in [5.74, 6) is 0.978. The second kappa shape index (κ2) is 6.11. The molecule has 2 saturated carbocycles. The van der Waals surface area contributed by atoms with E-state index in [1.807, 2.05) is 0 Å². The summed E-state index contributed by atoms with van der Waals surface area (Å²) in [6.45, 7) is 0. The zero-order valence-corrected chi connectivity index (χ0v) is 14.0. The maximum absolute atomic E-state index is 11.4. The average Bonchev–Trinajstić information content (AvgIpc) is 3.26. The van der Waals surface area contributed by atoms with Gasteiger partial charge < -0.3 is 5.11 Å². The SMILES string of the molecule is NS(=O)(=O)c1ccc(C2CC2C(O)C2CCCCC2)cc1Cl. The van der Waals surface area contributed by atoms with Crippen LogP contribution in [0, 0.1) is 11.8 Å². The Bertz CT molecular complexity index is 655. The lowest BCUT2D eigenvalue weighted by Gasteiger charge is -2.26. The highest BCUT2D eigenvalue weighted by Gasteiger charge is 2.46. The molecule has 3 unspecified atom stereocenters. The summed E-state index contributed by atoms with van der Waals surface area (Å²) in [6.07, 6.45) is 6.65. The first-order valence-electron chi connectivity index (χ1n) is 7.88. The summed E-state index contributed by atoms with van der Waals surface area (Å²) in [6, 6.07) is 4.92. The lowest BCUT2D eigenvalue weighted by Crippen LogP contribution is -2.25. The third kappa shape index (κ3) is 3.32. The third-order valence-electron chi connectivity index (χ3n) is 5.10. The number of hydrogen-bond acceptors (Lipinski definition) is 3. The maximum atomic E-state index is 11.4. The molecule has 4 nitrogen and oxygen atoms in total. The summed E-state index contributed by atoms with van der Waals surface area (Å²) in [4.78, 5) is -0.0389. The van der Waals surface area contributed by atoms with Crippen molar-refractivity contribution < 1.29 is 13.5 Å². The molecule has 0 aliphatic heterocycles. The van der Waals surface area contributed by atoms with Crippen LogP contribution in [0.5, 0.6) is 0 Å². The molecule has 22 heavy (non-hydrogen) atoms. The zero-order valence-electron chi connectivity index (χ0n) is 12.4. The van der Waals surface area contributed by atoms with Crippen LogP contribution in [0.4, 0.5) is 0 Å². The van der Waals surface area contributed by atoms with Crippen LogP contribution >= 0.6 is 11.6 Å². The Morgan fingerprint density at radius 1 is 1.23 bits per heavy atom. The van der Waals surface area contributed by atoms with Crippen molar-refractivity contribution in [1.82, 2.24) is 0 Å². The quantitative estimate of drug-likeness (QED) is 0.881. The Hall–Kier alpha value is -0.620. The molecule has 0 aromatic heterocycles. The molecule has 0 heterocycles. The molecular formula is C16H22ClNO3S. The normalized spacial score (nSPS) is 27.6. The van der Waals surface area contributed by atoms with Gasteiger partial charge in [-0.2, -0.15) is 0 Å². The van der Waals surface area contributed by atoms with E-state index >= 15 is 0 Å². The molecule has 0 amide bonds. The maximum Gasteiger partial charge on any atom is 0.239 e. The summed E-state index contributed by atoms with van der Waals surface area (Å²) >= 11 is 6.04. The van der Waals surface area contributed by atoms with Crippen LogP contribution in [-0.4, -0.2) is 19.6 Å². The molecule has 1 aromatic carbocycles. The number of nitrogens with two attached hydrogens (primary N) is 1. The number of rotatable bonds is 4. The molecule has 2 aliphatic carbocycles. The highest BCUT2D eigenvalue weighted by Crippen LogP contribution is 2.52. The van der Waals surface area contributed by atoms with Gasteiger partial charge in [-0.25, -0.2) is 13.6 Å². The number of sulfonamides is 1. The number of benzene rings is 1. The lowest BCUT2D eigenvalue weighted by molar-refractivity contribution is 0.0642. The van der Waals surface area contributed by atoms with Crippen molar-refractivity contribution in [2.75, 3.05) is 0 Å². The summed E-state index contributed by atoms with van der Waals surface area (Å²) < 4.78 is 22.8. The molecule has 0 saturated heterocycles. The van der Waals surface area contributed by atoms with Gasteiger partial charge in [0.15, 0.2) is 0 Å². The van der Waals surface area contributed by atoms with Crippen LogP contribution in [-0.2, 0) is 10.0 Å². The van der Waals surface area contributed by atoms with Gasteiger partial charge in [0.05, 0.1) is 11.1 Å². The minimum atomic E-state index is -3.78. The largest absolute Gasteiger partial charge is 0.393 e. The van der Waals surface area contributed by atoms with Crippen LogP contribution in [0.1, 0.15) is 50.0 Å². The molecule has 1 aromatic rings. The van der Waals surface area contributed by atoms with Gasteiger partial charge in [-0.15, -0.1) is 0 Å². The van der Waals surface area contributed by atoms with E-state index < -0.39 is 10.0 Å². The Kier molecular flexibility index (Phi) is 4.52. The second-order valence-electron chi connectivity index (χ2n) is 6.63. The Labute approximate surface area is 136 Å². The van der Waals surface area contributed by atoms with Gasteiger partial charge in [0.2, 0.25) is 10.0 Å². The predicted molar refractivity (Wildman–Crippen MR) is 86.3 cm³/mol. The highest BCUT2D eigenvalue weighted by atomic mass is 35.5. The standard InChI is InChI=1S/C16H22ClNO3S/c17-14-8-11(6-7-15(14)22(18,20)21)12-9-13(12)16(19)10-4-2-1-3-5-10/h6-8,10,12-13,16,19H,1-5,9H2,(H2,18,20,21). The summed E-state index contributed by atoms with van der Waals surface area (Å²) in [5, 5.41) is 15.8. The van der Waals surface area contributed by atoms with Crippen LogP contribution < -0.4 is 5.14 Å². The van der Waals surface area contributed by atoms with Gasteiger partial charge in [0.25, 0.3) is 0 Å². The second-order valence-corrected chi connectivity index (χ2v) is 8.57. The number of aliphatic hydroxyl groups is 1. The molecule has 122 valence electrons. The molecule has 3 N–H and O–H groups in total. The minimum absolute atomic E-state index is 0.0389. The van der Waals surface area contributed by atoms with Crippen molar-refractivity contribution in [1.29, 1.82) is 0 Å². The average molecular weight is 344 g/mol. The van der Waals surface area contributed by atoms with Crippen molar-refractivity contribution in [3.8, 4) is 0 Å². The molecule has 0 radical (unpaired) electrons. The fraction of sp³-hybridized carbons (Fsp3) is 0.625. The summed E-state index contributed by atoms with van der Waals surface area (Å²) in [7, 11) is -3.78. The van der Waals surface area contributed by atoms with E-state index in [1.165, 1.54) is 25.3 Å². The zero-order chi connectivity index (χ0) is 15.9. The van der Waals surface area contributed by atoms with Crippen molar-refractivity contribution >= 4 is 21.6 Å². The molecule has 3 atom stereocenters. The molecule has 2 aliphatic rings. The van der Waals surface area contributed by atoms with E-state index in [0.717, 1.165) is 24.8 Å². The van der Waals surface area contributed by atoms with Crippen LogP contribution in [0.3, 0.4) is 0 Å². The molecule has 0 bridgehead atoms. The van der Waals surface area contributed by atoms with Gasteiger partial charge in [0.1, 0.15) is 4.90 Å². The van der Waals surface area contributed by atoms with E-state index in [-0.39, 0.29) is 27.9 Å². The Morgan fingerprint density at radius 2 is 1.91 bits per heavy atom. The summed E-state index contributed by atoms with van der Waals surface area (Å²) in [5.41, 5.74) is 0.997. The van der Waals surface area contributed by atoms with E-state index in [9.17, 15) is 13.5 Å². The first-order valence-corrected chi connectivity index (χ1v) is 9.80. The number of primary sulfonamides is 1. The molecule has 2 fully saturated rings. The van der Waals surface area contributed by atoms with E-state index in [0.29, 0.717) is 5.92 Å². The van der Waals surface area contributed by atoms with E-state index in [2.05, 4.69) is 0 Å². The highest BCUT2D eigenvalue weighted by molar-refractivity contribution is 7.89. The van der Waals surface area contributed by atoms with Gasteiger partial charge in [-0.3, -0.25) is 0 Å². The smallest absolute Gasteiger partial charge is 0.239 e. The van der Waals surface area contributed by atoms with Crippen LogP contribution in [0.2, 0.25) is 5.02 Å². The van der Waals surface area contributed by atoms with E-state index in [4.69, 9.17) is 16.7 Å². The Balaban J connectivity index is 1.70. The topological polar surface area (TPSA) is 80.4 Å². The lowest BCUT2D eigenvalue weighted by atomic mass is 9.83. The van der Waals surface area contributed by atoms with Gasteiger partial charge in [0, 0.05) is 0 Å². The van der Waals surface area contributed by atoms with E-state index in [1.54, 1.807) is 12.1 Å². The Morgan fingerprint density at radius 3 is 2.50 bits per heavy atom. The monoisotopic (exact) mass is 343 g/mol. The van der Waals surface area contributed by atoms with Crippen LogP contribution in [0.25, 0.3) is 0 Å². The number of halogens is 1. The molecule has 0 spiro atoms. The van der Waals surface area contributed by atoms with Gasteiger partial charge in [-0.05, 0) is 54.7 Å². The van der Waals surface area contributed by atoms with Crippen molar-refractivity contribution in [3.05, 3.63) is 28.8 Å². The van der Waals surface area contributed by atoms with Crippen molar-refractivity contribution in [3.63, 3.8) is 0 Å². The van der Waals surface area contributed by atoms with Crippen molar-refractivity contribution in [2.45, 2.75) is 55.4 Å². The van der Waals surface area contributed by atoms with Crippen molar-refractivity contribution in [2.24, 2.45) is 17.0 Å². The first kappa shape index (κ1) is 16.2. The molecule has 3 rings (SSSR count). The third-order valence-corrected chi connectivity index (χ3v) is 6.50. The van der Waals surface area contributed by atoms with Crippen LogP contribution in [0.15, 0.2) is 23.1 Å². The minimum Gasteiger partial charge on any atom is -0.393 e. The molecule has 6 heteroatoms. The number of aliphatic hydroxyl groups excluding tert-OH is 1. The fourth-order valence-electron chi connectivity index (χ4n) is 3.78. The fourth-order valence-corrected chi connectivity index (χ4v) is 4.88. The predicted octanol–water partition coefficient (Wildman–Crippen LogP) is 3.03. The molecular weight excluding hydrogens is 322 g/mol. The first-order chi connectivity index (χ1) is 10.4.